The van der Waals surface area contributed by atoms with E-state index in [0.29, 0.717) is 0 Å². The summed E-state index contributed by atoms with van der Waals surface area (Å²) in [6, 6.07) is 0.250. The van der Waals surface area contributed by atoms with Crippen LogP contribution < -0.4 is 0 Å². The van der Waals surface area contributed by atoms with Crippen LogP contribution in [-0.4, -0.2) is 23.0 Å². The van der Waals surface area contributed by atoms with Crippen molar-refractivity contribution in [2.45, 2.75) is 39.3 Å². The van der Waals surface area contributed by atoms with Gasteiger partial charge in [0, 0.05) is 11.8 Å². The van der Waals surface area contributed by atoms with E-state index in [9.17, 15) is 5.11 Å². The van der Waals surface area contributed by atoms with Crippen molar-refractivity contribution in [3.8, 4) is 0 Å². The molecule has 1 N–H and O–H groups in total. The maximum atomic E-state index is 9.32. The van der Waals surface area contributed by atoms with Gasteiger partial charge in [-0.25, -0.2) is 0 Å². The monoisotopic (exact) mass is 155 g/mol. The van der Waals surface area contributed by atoms with Gasteiger partial charge in [-0.05, 0) is 20.3 Å². The standard InChI is InChI=1S/C9H17NO/c1-5-8(9(11)6-2)10-7(3)4/h6-7,9,11H,2,5H2,1,3-4H3. The van der Waals surface area contributed by atoms with Crippen molar-refractivity contribution in [3.05, 3.63) is 12.7 Å². The third-order valence-corrected chi connectivity index (χ3v) is 1.35. The van der Waals surface area contributed by atoms with Crippen LogP contribution in [0.1, 0.15) is 27.2 Å². The van der Waals surface area contributed by atoms with Crippen molar-refractivity contribution < 1.29 is 5.11 Å². The van der Waals surface area contributed by atoms with Gasteiger partial charge in [0.1, 0.15) is 6.10 Å². The number of rotatable bonds is 4. The van der Waals surface area contributed by atoms with Gasteiger partial charge in [-0.3, -0.25) is 4.99 Å². The van der Waals surface area contributed by atoms with E-state index >= 15 is 0 Å². The molecule has 1 atom stereocenters. The second-order valence-electron chi connectivity index (χ2n) is 2.75. The SMILES string of the molecule is C=CC(O)C(CC)=NC(C)C. The Labute approximate surface area is 68.7 Å². The molecule has 0 fully saturated rings. The third kappa shape index (κ3) is 3.94. The summed E-state index contributed by atoms with van der Waals surface area (Å²) in [6.45, 7) is 9.47. The maximum Gasteiger partial charge on any atom is 0.109 e. The lowest BCUT2D eigenvalue weighted by molar-refractivity contribution is 0.286. The molecule has 0 amide bonds. The quantitative estimate of drug-likeness (QED) is 0.487. The van der Waals surface area contributed by atoms with Crippen molar-refractivity contribution in [3.63, 3.8) is 0 Å². The lowest BCUT2D eigenvalue weighted by Crippen LogP contribution is -2.18. The van der Waals surface area contributed by atoms with Crippen LogP contribution in [0.5, 0.6) is 0 Å². The highest BCUT2D eigenvalue weighted by Gasteiger charge is 2.05. The molecular weight excluding hydrogens is 138 g/mol. The van der Waals surface area contributed by atoms with Gasteiger partial charge in [-0.2, -0.15) is 0 Å². The molecular formula is C9H17NO. The summed E-state index contributed by atoms with van der Waals surface area (Å²) in [5.74, 6) is 0. The van der Waals surface area contributed by atoms with Crippen LogP contribution in [0.3, 0.4) is 0 Å². The van der Waals surface area contributed by atoms with Crippen molar-refractivity contribution in [1.29, 1.82) is 0 Å². The fourth-order valence-electron chi connectivity index (χ4n) is 0.844. The average Bonchev–Trinajstić information content (AvgIpc) is 1.98. The van der Waals surface area contributed by atoms with E-state index in [-0.39, 0.29) is 6.04 Å². The molecule has 64 valence electrons. The average molecular weight is 155 g/mol. The Morgan fingerprint density at radius 1 is 1.64 bits per heavy atom. The van der Waals surface area contributed by atoms with Gasteiger partial charge in [0.2, 0.25) is 0 Å². The topological polar surface area (TPSA) is 32.6 Å². The number of nitrogens with zero attached hydrogens (tertiary/aromatic N) is 1. The van der Waals surface area contributed by atoms with Gasteiger partial charge < -0.3 is 5.11 Å². The molecule has 0 heterocycles. The molecule has 0 aliphatic heterocycles. The van der Waals surface area contributed by atoms with Crippen molar-refractivity contribution in [2.75, 3.05) is 0 Å². The minimum Gasteiger partial charge on any atom is -0.383 e. The smallest absolute Gasteiger partial charge is 0.109 e. The highest BCUT2D eigenvalue weighted by molar-refractivity contribution is 5.89. The minimum atomic E-state index is -0.567. The molecule has 2 heteroatoms. The molecule has 0 aromatic heterocycles. The van der Waals surface area contributed by atoms with Crippen LogP contribution in [0.25, 0.3) is 0 Å². The summed E-state index contributed by atoms with van der Waals surface area (Å²) >= 11 is 0. The fraction of sp³-hybridized carbons (Fsp3) is 0.667. The Hall–Kier alpha value is -0.630. The predicted molar refractivity (Wildman–Crippen MR) is 49.1 cm³/mol. The van der Waals surface area contributed by atoms with Crippen molar-refractivity contribution >= 4 is 5.71 Å². The molecule has 0 bridgehead atoms. The summed E-state index contributed by atoms with van der Waals surface area (Å²) in [7, 11) is 0. The third-order valence-electron chi connectivity index (χ3n) is 1.35. The molecule has 2 nitrogen and oxygen atoms in total. The highest BCUT2D eigenvalue weighted by Crippen LogP contribution is 1.98. The normalized spacial score (nSPS) is 15.2. The number of hydrogen-bond donors (Lipinski definition) is 1. The molecule has 0 spiro atoms. The zero-order valence-corrected chi connectivity index (χ0v) is 7.54. The molecule has 0 saturated carbocycles. The van der Waals surface area contributed by atoms with Crippen LogP contribution in [0.2, 0.25) is 0 Å². The van der Waals surface area contributed by atoms with E-state index in [1.807, 2.05) is 20.8 Å². The first kappa shape index (κ1) is 10.4. The molecule has 1 unspecified atom stereocenters. The zero-order chi connectivity index (χ0) is 8.85. The second kappa shape index (κ2) is 5.08. The summed E-state index contributed by atoms with van der Waals surface area (Å²) in [4.78, 5) is 4.26. The van der Waals surface area contributed by atoms with E-state index < -0.39 is 6.10 Å². The van der Waals surface area contributed by atoms with Crippen LogP contribution in [0.15, 0.2) is 17.6 Å². The molecule has 0 rings (SSSR count). The number of aliphatic imine (C=N–C) groups is 1. The summed E-state index contributed by atoms with van der Waals surface area (Å²) in [5, 5.41) is 9.32. The van der Waals surface area contributed by atoms with Gasteiger partial charge in [0.15, 0.2) is 0 Å². The van der Waals surface area contributed by atoms with E-state index in [2.05, 4.69) is 11.6 Å². The highest BCUT2D eigenvalue weighted by atomic mass is 16.3. The van der Waals surface area contributed by atoms with Crippen LogP contribution in [-0.2, 0) is 0 Å². The van der Waals surface area contributed by atoms with E-state index in [4.69, 9.17) is 0 Å². The van der Waals surface area contributed by atoms with Crippen LogP contribution in [0.4, 0.5) is 0 Å². The zero-order valence-electron chi connectivity index (χ0n) is 7.54. The first-order chi connectivity index (χ1) is 5.11. The molecule has 0 aliphatic carbocycles. The molecule has 11 heavy (non-hydrogen) atoms. The number of aliphatic hydroxyl groups excluding tert-OH is 1. The molecule has 0 radical (unpaired) electrons. The van der Waals surface area contributed by atoms with Gasteiger partial charge >= 0.3 is 0 Å². The first-order valence-corrected chi connectivity index (χ1v) is 3.99. The van der Waals surface area contributed by atoms with Gasteiger partial charge in [0.05, 0.1) is 0 Å². The Balaban J connectivity index is 4.25. The van der Waals surface area contributed by atoms with Gasteiger partial charge in [0.25, 0.3) is 0 Å². The van der Waals surface area contributed by atoms with Crippen LogP contribution in [0, 0.1) is 0 Å². The lowest BCUT2D eigenvalue weighted by Gasteiger charge is -2.08. The molecule has 0 aromatic carbocycles. The maximum absolute atomic E-state index is 9.32. The van der Waals surface area contributed by atoms with Crippen molar-refractivity contribution in [2.24, 2.45) is 4.99 Å². The number of hydrogen-bond acceptors (Lipinski definition) is 2. The van der Waals surface area contributed by atoms with E-state index in [1.165, 1.54) is 6.08 Å². The first-order valence-electron chi connectivity index (χ1n) is 3.99. The Bertz CT molecular complexity index is 150. The van der Waals surface area contributed by atoms with Gasteiger partial charge in [-0.15, -0.1) is 6.58 Å². The summed E-state index contributed by atoms with van der Waals surface area (Å²) < 4.78 is 0. The van der Waals surface area contributed by atoms with Crippen molar-refractivity contribution in [1.82, 2.24) is 0 Å². The van der Waals surface area contributed by atoms with E-state index in [0.717, 1.165) is 12.1 Å². The largest absolute Gasteiger partial charge is 0.383 e. The Morgan fingerprint density at radius 2 is 2.18 bits per heavy atom. The summed E-state index contributed by atoms with van der Waals surface area (Å²) in [5.41, 5.74) is 0.815. The molecule has 0 aliphatic rings. The fourth-order valence-corrected chi connectivity index (χ4v) is 0.844. The Morgan fingerprint density at radius 3 is 2.45 bits per heavy atom. The van der Waals surface area contributed by atoms with E-state index in [1.54, 1.807) is 0 Å². The number of aliphatic hydroxyl groups is 1. The Kier molecular flexibility index (Phi) is 4.79. The second-order valence-corrected chi connectivity index (χ2v) is 2.75. The lowest BCUT2D eigenvalue weighted by atomic mass is 10.1. The molecule has 0 aromatic rings. The van der Waals surface area contributed by atoms with Gasteiger partial charge in [-0.1, -0.05) is 13.0 Å². The summed E-state index contributed by atoms with van der Waals surface area (Å²) in [6.07, 6.45) is 1.72. The predicted octanol–water partition coefficient (Wildman–Crippen LogP) is 1.79. The minimum absolute atomic E-state index is 0.250. The molecule has 0 saturated heterocycles. The van der Waals surface area contributed by atoms with Crippen LogP contribution >= 0.6 is 0 Å².